The summed E-state index contributed by atoms with van der Waals surface area (Å²) in [4.78, 5) is 15.0. The van der Waals surface area contributed by atoms with Gasteiger partial charge in [-0.05, 0) is 163 Å². The minimum Gasteiger partial charge on any atom is -0.311 e. The highest BCUT2D eigenvalue weighted by Gasteiger charge is 2.18. The second-order valence-electron chi connectivity index (χ2n) is 15.6. The van der Waals surface area contributed by atoms with Crippen LogP contribution in [0.25, 0.3) is 77.3 Å². The van der Waals surface area contributed by atoms with Gasteiger partial charge >= 0.3 is 0 Å². The van der Waals surface area contributed by atoms with Crippen LogP contribution in [0.4, 0.5) is 17.1 Å². The Balaban J connectivity index is 1.01. The number of thiophene rings is 6. The van der Waals surface area contributed by atoms with Crippen LogP contribution >= 0.6 is 68.0 Å². The van der Waals surface area contributed by atoms with Gasteiger partial charge in [-0.25, -0.2) is 0 Å². The van der Waals surface area contributed by atoms with Crippen molar-refractivity contribution < 1.29 is 0 Å². The molecule has 0 aliphatic heterocycles. The Hall–Kier alpha value is -8.18. The van der Waals surface area contributed by atoms with Crippen LogP contribution in [0.3, 0.4) is 0 Å². The number of allylic oxidation sites excluding steroid dienone is 6. The van der Waals surface area contributed by atoms with E-state index in [9.17, 15) is 31.6 Å². The number of anilines is 3. The molecule has 0 fully saturated rings. The molecule has 7 nitrogen and oxygen atoms in total. The summed E-state index contributed by atoms with van der Waals surface area (Å²) in [6.45, 7) is 5.44. The van der Waals surface area contributed by atoms with Crippen LogP contribution in [0, 0.1) is 68.0 Å². The van der Waals surface area contributed by atoms with E-state index in [4.69, 9.17) is 0 Å². The van der Waals surface area contributed by atoms with Gasteiger partial charge in [0.25, 0.3) is 0 Å². The molecule has 13 heteroatoms. The Morgan fingerprint density at radius 3 is 0.743 bits per heavy atom. The summed E-state index contributed by atoms with van der Waals surface area (Å²) >= 11 is 9.85. The predicted molar refractivity (Wildman–Crippen MR) is 292 cm³/mol. The zero-order chi connectivity index (χ0) is 48.9. The van der Waals surface area contributed by atoms with Crippen LogP contribution < -0.4 is 4.90 Å². The number of hydrogen-bond acceptors (Lipinski definition) is 13. The number of nitrogens with zero attached hydrogens (tertiary/aromatic N) is 7. The molecular weight excluding hydrogens is 975 g/mol. The molecule has 0 spiro atoms. The Morgan fingerprint density at radius 2 is 0.500 bits per heavy atom. The first-order chi connectivity index (χ1) is 34.1. The molecule has 0 amide bonds. The summed E-state index contributed by atoms with van der Waals surface area (Å²) in [5.41, 5.74) is 8.72. The van der Waals surface area contributed by atoms with Crippen LogP contribution in [0.5, 0.6) is 0 Å². The van der Waals surface area contributed by atoms with E-state index in [-0.39, 0.29) is 16.7 Å². The Bertz CT molecular complexity index is 3370. The monoisotopic (exact) mass is 1010 g/mol. The van der Waals surface area contributed by atoms with Crippen molar-refractivity contribution in [2.24, 2.45) is 0 Å². The van der Waals surface area contributed by atoms with Crippen LogP contribution in [-0.2, 0) is 0 Å². The van der Waals surface area contributed by atoms with Gasteiger partial charge in [0, 0.05) is 75.6 Å². The average molecular weight is 1010 g/mol. The highest BCUT2D eigenvalue weighted by atomic mass is 32.1. The summed E-state index contributed by atoms with van der Waals surface area (Å²) in [7, 11) is 0. The standard InChI is InChI=1S/C57H33N7S6/c1-34(40(28-58)29-59)46-16-22-52(65-46)55-25-19-49(68-55)37-4-10-43(11-5-37)64(44-12-6-38(7-13-44)50-20-26-56(69-50)53-23-17-47(66-53)35(2)41(30-60)31-61)45-14-8-39(9-15-45)51-21-27-57(70-51)54-24-18-48(67-54)36(3)42(32-62)33-63/h4-27H,1-3H3. The highest BCUT2D eigenvalue weighted by molar-refractivity contribution is 7.25. The average Bonchev–Trinajstić information content (AvgIpc) is 4.26. The lowest BCUT2D eigenvalue weighted by molar-refractivity contribution is 1.28. The van der Waals surface area contributed by atoms with Crippen molar-refractivity contribution in [1.29, 1.82) is 31.6 Å². The molecule has 332 valence electrons. The first kappa shape index (κ1) is 46.9. The van der Waals surface area contributed by atoms with Crippen molar-refractivity contribution in [2.45, 2.75) is 20.8 Å². The van der Waals surface area contributed by atoms with Gasteiger partial charge in [-0.15, -0.1) is 68.0 Å². The van der Waals surface area contributed by atoms with Crippen molar-refractivity contribution in [3.63, 3.8) is 0 Å². The van der Waals surface area contributed by atoms with E-state index < -0.39 is 0 Å². The fourth-order valence-corrected chi connectivity index (χ4v) is 14.0. The Morgan fingerprint density at radius 1 is 0.286 bits per heavy atom. The predicted octanol–water partition coefficient (Wildman–Crippen LogP) is 18.0. The Kier molecular flexibility index (Phi) is 13.8. The maximum atomic E-state index is 9.39. The van der Waals surface area contributed by atoms with Crippen molar-refractivity contribution >= 4 is 102 Å². The number of nitriles is 6. The molecule has 9 rings (SSSR count). The van der Waals surface area contributed by atoms with E-state index >= 15 is 0 Å². The lowest BCUT2D eigenvalue weighted by atomic mass is 10.1. The largest absolute Gasteiger partial charge is 0.311 e. The van der Waals surface area contributed by atoms with Gasteiger partial charge in [0.05, 0.1) is 0 Å². The molecule has 9 aromatic rings. The molecule has 0 saturated heterocycles. The van der Waals surface area contributed by atoms with Crippen molar-refractivity contribution in [2.75, 3.05) is 4.90 Å². The first-order valence-electron chi connectivity index (χ1n) is 21.4. The quantitative estimate of drug-likeness (QED) is 0.111. The molecule has 0 unspecified atom stereocenters. The van der Waals surface area contributed by atoms with E-state index in [1.165, 1.54) is 0 Å². The topological polar surface area (TPSA) is 146 Å². The fourth-order valence-electron chi connectivity index (χ4n) is 7.61. The van der Waals surface area contributed by atoms with Crippen molar-refractivity contribution in [1.82, 2.24) is 0 Å². The molecule has 3 aromatic carbocycles. The van der Waals surface area contributed by atoms with Gasteiger partial charge in [-0.3, -0.25) is 0 Å². The van der Waals surface area contributed by atoms with E-state index in [0.717, 1.165) is 92.3 Å². The third kappa shape index (κ3) is 9.47. The molecule has 0 radical (unpaired) electrons. The molecule has 0 aliphatic carbocycles. The highest BCUT2D eigenvalue weighted by Crippen LogP contribution is 2.45. The van der Waals surface area contributed by atoms with E-state index in [1.807, 2.05) is 93.6 Å². The van der Waals surface area contributed by atoms with Gasteiger partial charge in [0.1, 0.15) is 53.1 Å². The fraction of sp³-hybridized carbons (Fsp3) is 0.0526. The van der Waals surface area contributed by atoms with Crippen LogP contribution in [0.2, 0.25) is 0 Å². The van der Waals surface area contributed by atoms with E-state index in [2.05, 4.69) is 114 Å². The lowest BCUT2D eigenvalue weighted by Gasteiger charge is -2.26. The molecule has 0 N–H and O–H groups in total. The smallest absolute Gasteiger partial charge is 0.133 e. The third-order valence-electron chi connectivity index (χ3n) is 11.5. The van der Waals surface area contributed by atoms with Crippen LogP contribution in [0.15, 0.2) is 162 Å². The molecule has 0 saturated carbocycles. The minimum atomic E-state index is 0.127. The molecule has 0 bridgehead atoms. The summed E-state index contributed by atoms with van der Waals surface area (Å²) in [6, 6.07) is 62.7. The zero-order valence-electron chi connectivity index (χ0n) is 37.4. The second kappa shape index (κ2) is 20.6. The van der Waals surface area contributed by atoms with Gasteiger partial charge in [-0.2, -0.15) is 31.6 Å². The normalized spacial score (nSPS) is 10.4. The maximum absolute atomic E-state index is 9.39. The van der Waals surface area contributed by atoms with Crippen molar-refractivity contribution in [3.05, 3.63) is 177 Å². The van der Waals surface area contributed by atoms with E-state index in [1.54, 1.807) is 68.0 Å². The Labute approximate surface area is 429 Å². The van der Waals surface area contributed by atoms with Crippen LogP contribution in [0.1, 0.15) is 35.4 Å². The van der Waals surface area contributed by atoms with Gasteiger partial charge < -0.3 is 4.90 Å². The molecule has 70 heavy (non-hydrogen) atoms. The molecule has 6 heterocycles. The number of benzene rings is 3. The number of rotatable bonds is 12. The number of hydrogen-bond donors (Lipinski definition) is 0. The van der Waals surface area contributed by atoms with Crippen LogP contribution in [-0.4, -0.2) is 0 Å². The summed E-state index contributed by atoms with van der Waals surface area (Å²) in [6.07, 6.45) is 0. The summed E-state index contributed by atoms with van der Waals surface area (Å²) in [5.74, 6) is 0. The SMILES string of the molecule is CC(=C(C#N)C#N)c1ccc(-c2ccc(-c3ccc(N(c4ccc(-c5ccc(-c6ccc(C(C)=C(C#N)C#N)s6)s5)cc4)c4ccc(-c5ccc(-c6ccc(C(C)=C(C#N)C#N)s6)s5)cc4)cc3)s2)s1. The zero-order valence-corrected chi connectivity index (χ0v) is 42.3. The minimum absolute atomic E-state index is 0.127. The lowest BCUT2D eigenvalue weighted by Crippen LogP contribution is -2.09. The van der Waals surface area contributed by atoms with Crippen molar-refractivity contribution in [3.8, 4) is 97.0 Å². The molecular formula is C57H33N7S6. The second-order valence-corrected chi connectivity index (χ2v) is 22.1. The molecule has 6 aromatic heterocycles. The van der Waals surface area contributed by atoms with Gasteiger partial charge in [-0.1, -0.05) is 36.4 Å². The molecule has 0 aliphatic rings. The maximum Gasteiger partial charge on any atom is 0.133 e. The third-order valence-corrected chi connectivity index (χ3v) is 19.1. The molecule has 0 atom stereocenters. The first-order valence-corrected chi connectivity index (χ1v) is 26.3. The van der Waals surface area contributed by atoms with Gasteiger partial charge in [0.2, 0.25) is 0 Å². The summed E-state index contributed by atoms with van der Waals surface area (Å²) < 4.78 is 0. The van der Waals surface area contributed by atoms with Gasteiger partial charge in [0.15, 0.2) is 0 Å². The van der Waals surface area contributed by atoms with E-state index in [0.29, 0.717) is 16.7 Å². The summed E-state index contributed by atoms with van der Waals surface area (Å²) in [5, 5.41) is 56.3.